The monoisotopic (exact) mass is 817 g/mol. The van der Waals surface area contributed by atoms with Gasteiger partial charge in [0.05, 0.1) is 0 Å². The molecule has 0 N–H and O–H groups in total. The average molecular weight is 817 g/mol. The Morgan fingerprint density at radius 1 is 0.373 bits per heavy atom. The Morgan fingerprint density at radius 3 is 1.29 bits per heavy atom. The summed E-state index contributed by atoms with van der Waals surface area (Å²) in [6, 6.07) is 0. The van der Waals surface area contributed by atoms with Crippen molar-refractivity contribution in [1.29, 1.82) is 0 Å². The van der Waals surface area contributed by atoms with Crippen LogP contribution in [0.5, 0.6) is 0 Å². The fourth-order valence-electron chi connectivity index (χ4n) is 5.88. The van der Waals surface area contributed by atoms with E-state index in [0.717, 1.165) is 103 Å². The van der Waals surface area contributed by atoms with Crippen LogP contribution in [0.25, 0.3) is 0 Å². The molecule has 0 aromatic heterocycles. The fourth-order valence-corrected chi connectivity index (χ4v) is 5.88. The number of esters is 3. The van der Waals surface area contributed by atoms with Gasteiger partial charge in [-0.05, 0) is 77.0 Å². The van der Waals surface area contributed by atoms with Gasteiger partial charge in [-0.25, -0.2) is 0 Å². The Labute approximate surface area is 361 Å². The Bertz CT molecular complexity index is 1260. The van der Waals surface area contributed by atoms with Gasteiger partial charge in [0.1, 0.15) is 13.2 Å². The van der Waals surface area contributed by atoms with Crippen LogP contribution >= 0.6 is 0 Å². The van der Waals surface area contributed by atoms with Crippen LogP contribution in [0.2, 0.25) is 0 Å². The molecule has 0 spiro atoms. The molecule has 0 saturated carbocycles. The first-order valence-corrected chi connectivity index (χ1v) is 23.4. The Hall–Kier alpha value is -3.93. The normalized spacial score (nSPS) is 13.1. The minimum atomic E-state index is -0.817. The SMILES string of the molecule is CC\C=C/C=C\C=C/CCCCCCCC(=O)OC(COC(=O)CC/C=C\C/C=C\C/C=C\C/C=C\C/C=C\C/C=C\CC)COC(=O)CCCCCCCCCCC. The molecule has 0 aliphatic rings. The molecule has 0 amide bonds. The zero-order chi connectivity index (χ0) is 43.0. The topological polar surface area (TPSA) is 78.9 Å². The summed E-state index contributed by atoms with van der Waals surface area (Å²) in [5, 5.41) is 0. The number of carbonyl (C=O) groups is 3. The third kappa shape index (κ3) is 45.0. The maximum atomic E-state index is 12.7. The number of hydrogen-bond donors (Lipinski definition) is 0. The highest BCUT2D eigenvalue weighted by molar-refractivity contribution is 5.71. The van der Waals surface area contributed by atoms with Crippen LogP contribution in [0.1, 0.15) is 188 Å². The number of rotatable bonds is 40. The smallest absolute Gasteiger partial charge is 0.306 e. The zero-order valence-electron chi connectivity index (χ0n) is 37.7. The molecule has 0 radical (unpaired) electrons. The number of carbonyl (C=O) groups excluding carboxylic acids is 3. The summed E-state index contributed by atoms with van der Waals surface area (Å²) >= 11 is 0. The lowest BCUT2D eigenvalue weighted by Crippen LogP contribution is -2.30. The molecule has 0 aliphatic carbocycles. The largest absolute Gasteiger partial charge is 0.462 e. The van der Waals surface area contributed by atoms with Crippen molar-refractivity contribution in [2.24, 2.45) is 0 Å². The van der Waals surface area contributed by atoms with Gasteiger partial charge in [-0.1, -0.05) is 201 Å². The van der Waals surface area contributed by atoms with E-state index in [2.05, 4.69) is 112 Å². The standard InChI is InChI=1S/C53H84O6/c1-4-7-10-13-16-19-21-23-24-25-26-27-28-30-31-34-37-40-43-46-52(55)58-49-50(48-57-51(54)45-42-39-36-33-18-15-12-9-6-3)59-53(56)47-44-41-38-35-32-29-22-20-17-14-11-8-5-2/h7-8,10-11,14,16-17,19-20,22-24,26-27,30-31,37,40,50H,4-6,9,12-13,15,18,21,25,28-29,32-36,38-39,41-49H2,1-3H3/b10-7-,11-8-,17-14-,19-16-,22-20-,24-23-,27-26-,31-30-,40-37-. The van der Waals surface area contributed by atoms with Gasteiger partial charge < -0.3 is 14.2 Å². The average Bonchev–Trinajstić information content (AvgIpc) is 3.23. The third-order valence-electron chi connectivity index (χ3n) is 9.35. The molecule has 0 fully saturated rings. The maximum absolute atomic E-state index is 12.7. The van der Waals surface area contributed by atoms with E-state index in [1.807, 2.05) is 18.2 Å². The van der Waals surface area contributed by atoms with Crippen LogP contribution < -0.4 is 0 Å². The van der Waals surface area contributed by atoms with E-state index in [-0.39, 0.29) is 44.0 Å². The van der Waals surface area contributed by atoms with Gasteiger partial charge in [0.2, 0.25) is 0 Å². The summed E-state index contributed by atoms with van der Waals surface area (Å²) in [6.07, 6.45) is 62.3. The molecule has 6 heteroatoms. The quantitative estimate of drug-likeness (QED) is 0.0201. The van der Waals surface area contributed by atoms with Crippen LogP contribution in [0.3, 0.4) is 0 Å². The number of ether oxygens (including phenoxy) is 3. The Balaban J connectivity index is 4.51. The van der Waals surface area contributed by atoms with E-state index < -0.39 is 6.10 Å². The van der Waals surface area contributed by atoms with Gasteiger partial charge in [-0.3, -0.25) is 14.4 Å². The second-order valence-corrected chi connectivity index (χ2v) is 15.0. The van der Waals surface area contributed by atoms with Gasteiger partial charge in [0.25, 0.3) is 0 Å². The molecule has 0 bridgehead atoms. The predicted molar refractivity (Wildman–Crippen MR) is 251 cm³/mol. The molecule has 332 valence electrons. The van der Waals surface area contributed by atoms with Crippen molar-refractivity contribution < 1.29 is 28.6 Å². The van der Waals surface area contributed by atoms with Crippen LogP contribution in [0.4, 0.5) is 0 Å². The molecule has 59 heavy (non-hydrogen) atoms. The van der Waals surface area contributed by atoms with E-state index in [0.29, 0.717) is 12.8 Å². The Morgan fingerprint density at radius 2 is 0.780 bits per heavy atom. The molecule has 6 nitrogen and oxygen atoms in total. The van der Waals surface area contributed by atoms with Crippen LogP contribution in [0, 0.1) is 0 Å². The first-order valence-electron chi connectivity index (χ1n) is 23.4. The molecule has 0 saturated heterocycles. The fraction of sp³-hybridized carbons (Fsp3) is 0.604. The first kappa shape index (κ1) is 55.1. The van der Waals surface area contributed by atoms with Crippen molar-refractivity contribution in [3.05, 3.63) is 109 Å². The van der Waals surface area contributed by atoms with Gasteiger partial charge in [0, 0.05) is 19.3 Å². The van der Waals surface area contributed by atoms with E-state index in [9.17, 15) is 14.4 Å². The molecule has 0 aromatic carbocycles. The highest BCUT2D eigenvalue weighted by Gasteiger charge is 2.19. The molecule has 1 unspecified atom stereocenters. The lowest BCUT2D eigenvalue weighted by atomic mass is 10.1. The molecular formula is C53H84O6. The van der Waals surface area contributed by atoms with Gasteiger partial charge in [-0.2, -0.15) is 0 Å². The summed E-state index contributed by atoms with van der Waals surface area (Å²) < 4.78 is 16.6. The second kappa shape index (κ2) is 46.8. The molecular weight excluding hydrogens is 733 g/mol. The highest BCUT2D eigenvalue weighted by atomic mass is 16.6. The highest BCUT2D eigenvalue weighted by Crippen LogP contribution is 2.13. The van der Waals surface area contributed by atoms with Crippen molar-refractivity contribution in [2.45, 2.75) is 194 Å². The van der Waals surface area contributed by atoms with Gasteiger partial charge >= 0.3 is 17.9 Å². The van der Waals surface area contributed by atoms with E-state index in [1.165, 1.54) is 38.5 Å². The Kier molecular flexibility index (Phi) is 43.6. The van der Waals surface area contributed by atoms with Crippen LogP contribution in [-0.2, 0) is 28.6 Å². The lowest BCUT2D eigenvalue weighted by Gasteiger charge is -2.18. The summed E-state index contributed by atoms with van der Waals surface area (Å²) in [7, 11) is 0. The summed E-state index contributed by atoms with van der Waals surface area (Å²) in [6.45, 7) is 6.26. The maximum Gasteiger partial charge on any atom is 0.306 e. The van der Waals surface area contributed by atoms with E-state index in [4.69, 9.17) is 14.2 Å². The van der Waals surface area contributed by atoms with Crippen molar-refractivity contribution >= 4 is 17.9 Å². The van der Waals surface area contributed by atoms with Crippen LogP contribution in [-0.4, -0.2) is 37.2 Å². The summed E-state index contributed by atoms with van der Waals surface area (Å²) in [5.41, 5.74) is 0. The van der Waals surface area contributed by atoms with Crippen molar-refractivity contribution in [1.82, 2.24) is 0 Å². The molecule has 0 rings (SSSR count). The van der Waals surface area contributed by atoms with Gasteiger partial charge in [0.15, 0.2) is 6.10 Å². The lowest BCUT2D eigenvalue weighted by molar-refractivity contribution is -0.166. The molecule has 1 atom stereocenters. The van der Waals surface area contributed by atoms with E-state index >= 15 is 0 Å². The molecule has 0 aromatic rings. The second-order valence-electron chi connectivity index (χ2n) is 15.0. The molecule has 0 heterocycles. The third-order valence-corrected chi connectivity index (χ3v) is 9.35. The van der Waals surface area contributed by atoms with Crippen molar-refractivity contribution in [2.75, 3.05) is 13.2 Å². The zero-order valence-corrected chi connectivity index (χ0v) is 37.7. The first-order chi connectivity index (χ1) is 29.0. The summed E-state index contributed by atoms with van der Waals surface area (Å²) in [4.78, 5) is 37.7. The molecule has 0 aliphatic heterocycles. The number of allylic oxidation sites excluding steroid dienone is 18. The van der Waals surface area contributed by atoms with Crippen molar-refractivity contribution in [3.63, 3.8) is 0 Å². The number of unbranched alkanes of at least 4 members (excludes halogenated alkanes) is 13. The van der Waals surface area contributed by atoms with Gasteiger partial charge in [-0.15, -0.1) is 0 Å². The van der Waals surface area contributed by atoms with E-state index in [1.54, 1.807) is 0 Å². The van der Waals surface area contributed by atoms with Crippen LogP contribution in [0.15, 0.2) is 109 Å². The minimum Gasteiger partial charge on any atom is -0.462 e. The summed E-state index contributed by atoms with van der Waals surface area (Å²) in [5.74, 6) is -1.03. The van der Waals surface area contributed by atoms with Crippen molar-refractivity contribution in [3.8, 4) is 0 Å². The minimum absolute atomic E-state index is 0.111. The number of hydrogen-bond acceptors (Lipinski definition) is 6. The predicted octanol–water partition coefficient (Wildman–Crippen LogP) is 15.2.